The van der Waals surface area contributed by atoms with Gasteiger partial charge in [-0.1, -0.05) is 15.9 Å². The van der Waals surface area contributed by atoms with Gasteiger partial charge in [-0.3, -0.25) is 10.1 Å². The monoisotopic (exact) mass is 456 g/mol. The van der Waals surface area contributed by atoms with Crippen LogP contribution in [0.2, 0.25) is 0 Å². The molecule has 0 radical (unpaired) electrons. The molecule has 0 saturated carbocycles. The highest BCUT2D eigenvalue weighted by Gasteiger charge is 2.33. The van der Waals surface area contributed by atoms with Crippen LogP contribution in [0.4, 0.5) is 24.7 Å². The highest BCUT2D eigenvalue weighted by molar-refractivity contribution is 9.10. The van der Waals surface area contributed by atoms with Crippen molar-refractivity contribution in [3.05, 3.63) is 62.1 Å². The molecule has 2 aromatic carbocycles. The summed E-state index contributed by atoms with van der Waals surface area (Å²) < 4.78 is 40.0. The van der Waals surface area contributed by atoms with E-state index in [0.29, 0.717) is 21.4 Å². The quantitative estimate of drug-likeness (QED) is 0.413. The first-order valence-electron chi connectivity index (χ1n) is 7.84. The van der Waals surface area contributed by atoms with E-state index in [1.165, 1.54) is 6.92 Å². The number of nitrogens with one attached hydrogen (secondary N) is 1. The molecule has 0 aliphatic carbocycles. The Morgan fingerprint density at radius 3 is 2.57 bits per heavy atom. The molecule has 0 unspecified atom stereocenters. The van der Waals surface area contributed by atoms with Crippen LogP contribution in [0, 0.1) is 10.1 Å². The number of hydrogen-bond donors (Lipinski definition) is 2. The summed E-state index contributed by atoms with van der Waals surface area (Å²) in [5.41, 5.74) is -1.33. The Hall–Kier alpha value is -2.95. The first kappa shape index (κ1) is 19.8. The number of fused-ring (bicyclic) bond motifs is 1. The molecule has 0 saturated heterocycles. The van der Waals surface area contributed by atoms with Crippen LogP contribution in [0.25, 0.3) is 10.9 Å². The van der Waals surface area contributed by atoms with Gasteiger partial charge in [0.2, 0.25) is 0 Å². The zero-order valence-electron chi connectivity index (χ0n) is 14.2. The SMILES string of the molecule is C[C@@H](Nc1nc(O)nc2ccc(Br)cc12)c1cc([N+](=O)[O-])cc(C(F)(F)F)c1. The van der Waals surface area contributed by atoms with Crippen LogP contribution in [-0.2, 0) is 6.18 Å². The maximum absolute atomic E-state index is 13.1. The van der Waals surface area contributed by atoms with Crippen molar-refractivity contribution < 1.29 is 23.2 Å². The molecule has 7 nitrogen and oxygen atoms in total. The average molecular weight is 457 g/mol. The lowest BCUT2D eigenvalue weighted by Gasteiger charge is -2.18. The molecule has 0 bridgehead atoms. The maximum atomic E-state index is 13.1. The maximum Gasteiger partial charge on any atom is 0.416 e. The summed E-state index contributed by atoms with van der Waals surface area (Å²) in [7, 11) is 0. The lowest BCUT2D eigenvalue weighted by molar-refractivity contribution is -0.385. The molecule has 0 aliphatic heterocycles. The molecule has 3 aromatic rings. The normalized spacial score (nSPS) is 12.8. The smallest absolute Gasteiger partial charge is 0.416 e. The number of alkyl halides is 3. The van der Waals surface area contributed by atoms with Crippen molar-refractivity contribution in [1.29, 1.82) is 0 Å². The Bertz CT molecular complexity index is 1080. The number of anilines is 1. The van der Waals surface area contributed by atoms with E-state index in [-0.39, 0.29) is 11.4 Å². The van der Waals surface area contributed by atoms with Crippen molar-refractivity contribution in [1.82, 2.24) is 9.97 Å². The Balaban J connectivity index is 2.05. The van der Waals surface area contributed by atoms with Crippen molar-refractivity contribution in [3.8, 4) is 6.01 Å². The van der Waals surface area contributed by atoms with Gasteiger partial charge in [0, 0.05) is 22.0 Å². The van der Waals surface area contributed by atoms with E-state index in [4.69, 9.17) is 0 Å². The number of nitro groups is 1. The summed E-state index contributed by atoms with van der Waals surface area (Å²) in [5, 5.41) is 24.2. The number of hydrogen-bond acceptors (Lipinski definition) is 6. The third-order valence-electron chi connectivity index (χ3n) is 3.98. The molecule has 1 heterocycles. The minimum atomic E-state index is -4.73. The number of aromatic nitrogens is 2. The Morgan fingerprint density at radius 1 is 1.21 bits per heavy atom. The standard InChI is InChI=1S/C17H12BrF3N4O3/c1-8(9-4-10(17(19,20)21)6-12(5-9)25(27)28)22-15-13-7-11(18)2-3-14(13)23-16(26)24-15/h2-8H,1H3,(H2,22,23,24,26)/t8-/m1/s1. The number of nitrogens with zero attached hydrogens (tertiary/aromatic N) is 3. The third kappa shape index (κ3) is 4.14. The van der Waals surface area contributed by atoms with Gasteiger partial charge in [0.1, 0.15) is 5.82 Å². The highest BCUT2D eigenvalue weighted by atomic mass is 79.9. The molecule has 3 rings (SSSR count). The summed E-state index contributed by atoms with van der Waals surface area (Å²) in [5.74, 6) is 0.177. The molecule has 0 aliphatic rings. The van der Waals surface area contributed by atoms with Gasteiger partial charge < -0.3 is 10.4 Å². The van der Waals surface area contributed by atoms with E-state index < -0.39 is 34.4 Å². The van der Waals surface area contributed by atoms with E-state index in [1.807, 2.05) is 0 Å². The van der Waals surface area contributed by atoms with Crippen LogP contribution in [0.3, 0.4) is 0 Å². The minimum absolute atomic E-state index is 0.0442. The predicted molar refractivity (Wildman–Crippen MR) is 99.0 cm³/mol. The van der Waals surface area contributed by atoms with Gasteiger partial charge in [-0.2, -0.15) is 23.1 Å². The van der Waals surface area contributed by atoms with Crippen molar-refractivity contribution in [3.63, 3.8) is 0 Å². The average Bonchev–Trinajstić information content (AvgIpc) is 2.61. The van der Waals surface area contributed by atoms with Crippen molar-refractivity contribution in [2.75, 3.05) is 5.32 Å². The molecular formula is C17H12BrF3N4O3. The van der Waals surface area contributed by atoms with Crippen LogP contribution in [-0.4, -0.2) is 20.0 Å². The molecule has 0 amide bonds. The van der Waals surface area contributed by atoms with Crippen molar-refractivity contribution in [2.45, 2.75) is 19.1 Å². The van der Waals surface area contributed by atoms with Gasteiger partial charge in [-0.25, -0.2) is 0 Å². The lowest BCUT2D eigenvalue weighted by atomic mass is 10.0. The molecule has 11 heteroatoms. The fourth-order valence-corrected chi connectivity index (χ4v) is 3.00. The molecular weight excluding hydrogens is 445 g/mol. The van der Waals surface area contributed by atoms with Crippen LogP contribution in [0.1, 0.15) is 24.1 Å². The molecule has 1 atom stereocenters. The number of aromatic hydroxyl groups is 1. The van der Waals surface area contributed by atoms with Crippen LogP contribution >= 0.6 is 15.9 Å². The molecule has 0 spiro atoms. The van der Waals surface area contributed by atoms with E-state index in [0.717, 1.165) is 12.1 Å². The first-order chi connectivity index (χ1) is 13.0. The molecule has 2 N–H and O–H groups in total. The van der Waals surface area contributed by atoms with Gasteiger partial charge in [0.15, 0.2) is 0 Å². The summed E-state index contributed by atoms with van der Waals surface area (Å²) in [6, 6.07) is 6.11. The molecule has 1 aromatic heterocycles. The Labute approximate surface area is 164 Å². The molecule has 28 heavy (non-hydrogen) atoms. The fraction of sp³-hybridized carbons (Fsp3) is 0.176. The third-order valence-corrected chi connectivity index (χ3v) is 4.47. The minimum Gasteiger partial charge on any atom is -0.479 e. The van der Waals surface area contributed by atoms with E-state index >= 15 is 0 Å². The predicted octanol–water partition coefficient (Wildman–Crippen LogP) is 5.20. The largest absolute Gasteiger partial charge is 0.479 e. The lowest BCUT2D eigenvalue weighted by Crippen LogP contribution is -2.12. The summed E-state index contributed by atoms with van der Waals surface area (Å²) in [4.78, 5) is 17.9. The van der Waals surface area contributed by atoms with Crippen LogP contribution in [0.5, 0.6) is 6.01 Å². The fourth-order valence-electron chi connectivity index (χ4n) is 2.64. The van der Waals surface area contributed by atoms with Gasteiger partial charge in [-0.15, -0.1) is 0 Å². The summed E-state index contributed by atoms with van der Waals surface area (Å²) in [6.45, 7) is 1.53. The van der Waals surface area contributed by atoms with Gasteiger partial charge in [0.05, 0.1) is 22.0 Å². The van der Waals surface area contributed by atoms with Gasteiger partial charge in [-0.05, 0) is 36.8 Å². The van der Waals surface area contributed by atoms with Crippen LogP contribution in [0.15, 0.2) is 40.9 Å². The number of halogens is 4. The number of nitro benzene ring substituents is 1. The Kier molecular flexibility index (Phi) is 5.11. The number of rotatable bonds is 4. The highest BCUT2D eigenvalue weighted by Crippen LogP contribution is 2.35. The summed E-state index contributed by atoms with van der Waals surface area (Å²) in [6.07, 6.45) is -4.73. The van der Waals surface area contributed by atoms with Crippen molar-refractivity contribution >= 4 is 38.3 Å². The second-order valence-electron chi connectivity index (χ2n) is 5.97. The molecule has 146 valence electrons. The van der Waals surface area contributed by atoms with Gasteiger partial charge in [0.25, 0.3) is 5.69 Å². The number of non-ortho nitro benzene ring substituents is 1. The Morgan fingerprint density at radius 2 is 1.93 bits per heavy atom. The second kappa shape index (κ2) is 7.23. The second-order valence-corrected chi connectivity index (χ2v) is 6.88. The van der Waals surface area contributed by atoms with Crippen LogP contribution < -0.4 is 5.32 Å². The van der Waals surface area contributed by atoms with E-state index in [9.17, 15) is 28.4 Å². The topological polar surface area (TPSA) is 101 Å². The summed E-state index contributed by atoms with van der Waals surface area (Å²) >= 11 is 3.31. The van der Waals surface area contributed by atoms with E-state index in [2.05, 4.69) is 31.2 Å². The zero-order chi connectivity index (χ0) is 20.6. The number of benzene rings is 2. The van der Waals surface area contributed by atoms with E-state index in [1.54, 1.807) is 18.2 Å². The van der Waals surface area contributed by atoms with Crippen molar-refractivity contribution in [2.24, 2.45) is 0 Å². The molecule has 0 fully saturated rings. The van der Waals surface area contributed by atoms with Gasteiger partial charge >= 0.3 is 12.2 Å². The zero-order valence-corrected chi connectivity index (χ0v) is 15.7. The first-order valence-corrected chi connectivity index (χ1v) is 8.63.